The fourth-order valence-electron chi connectivity index (χ4n) is 3.30. The van der Waals surface area contributed by atoms with Gasteiger partial charge >= 0.3 is 0 Å². The van der Waals surface area contributed by atoms with Crippen LogP contribution in [0.1, 0.15) is 49.4 Å². The van der Waals surface area contributed by atoms with Gasteiger partial charge in [0.05, 0.1) is 16.8 Å². The van der Waals surface area contributed by atoms with E-state index < -0.39 is 0 Å². The molecule has 0 amide bonds. The number of nitrogens with one attached hydrogen (secondary N) is 1. The molecule has 110 valence electrons. The first kappa shape index (κ1) is 14.5. The van der Waals surface area contributed by atoms with E-state index in [2.05, 4.69) is 56.4 Å². The highest BCUT2D eigenvalue weighted by Crippen LogP contribution is 2.43. The summed E-state index contributed by atoms with van der Waals surface area (Å²) in [4.78, 5) is 0. The number of anilines is 1. The summed E-state index contributed by atoms with van der Waals surface area (Å²) in [5.41, 5.74) is 5.39. The van der Waals surface area contributed by atoms with Crippen molar-refractivity contribution in [3.63, 3.8) is 0 Å². The standard InChI is InChI=1S/C19H22ClN/c1-13-8-9-16(20)18(12-13)21-17-10-11-19(2,3)15-7-5-4-6-14(15)17/h4-9,12,17,21H,10-11H2,1-3H3. The molecule has 0 radical (unpaired) electrons. The third-order valence-electron chi connectivity index (χ3n) is 4.57. The average Bonchev–Trinajstić information content (AvgIpc) is 2.46. The normalized spacial score (nSPS) is 19.9. The molecule has 1 aliphatic carbocycles. The lowest BCUT2D eigenvalue weighted by atomic mass is 9.71. The minimum atomic E-state index is 0.255. The van der Waals surface area contributed by atoms with Crippen LogP contribution in [0.15, 0.2) is 42.5 Å². The third kappa shape index (κ3) is 2.80. The SMILES string of the molecule is Cc1ccc(Cl)c(NC2CCC(C)(C)c3ccccc32)c1. The lowest BCUT2D eigenvalue weighted by molar-refractivity contribution is 0.406. The lowest BCUT2D eigenvalue weighted by Crippen LogP contribution is -2.29. The van der Waals surface area contributed by atoms with Crippen molar-refractivity contribution in [1.82, 2.24) is 0 Å². The second kappa shape index (κ2) is 5.38. The second-order valence-electron chi connectivity index (χ2n) is 6.69. The van der Waals surface area contributed by atoms with Crippen molar-refractivity contribution in [3.8, 4) is 0 Å². The Morgan fingerprint density at radius 1 is 1.14 bits per heavy atom. The Hall–Kier alpha value is -1.47. The van der Waals surface area contributed by atoms with E-state index in [4.69, 9.17) is 11.6 Å². The summed E-state index contributed by atoms with van der Waals surface area (Å²) >= 11 is 6.34. The van der Waals surface area contributed by atoms with Gasteiger partial charge in [0.25, 0.3) is 0 Å². The van der Waals surface area contributed by atoms with Crippen LogP contribution < -0.4 is 5.32 Å². The maximum Gasteiger partial charge on any atom is 0.0637 e. The molecule has 0 aliphatic heterocycles. The van der Waals surface area contributed by atoms with Crippen LogP contribution in [0.3, 0.4) is 0 Å². The number of halogens is 1. The summed E-state index contributed by atoms with van der Waals surface area (Å²) in [5, 5.41) is 4.45. The van der Waals surface area contributed by atoms with Crippen LogP contribution in [-0.2, 0) is 5.41 Å². The molecule has 1 unspecified atom stereocenters. The van der Waals surface area contributed by atoms with Gasteiger partial charge in [-0.15, -0.1) is 0 Å². The molecule has 0 saturated carbocycles. The van der Waals surface area contributed by atoms with Gasteiger partial charge in [-0.25, -0.2) is 0 Å². The number of benzene rings is 2. The Labute approximate surface area is 132 Å². The van der Waals surface area contributed by atoms with Gasteiger partial charge in [-0.2, -0.15) is 0 Å². The van der Waals surface area contributed by atoms with E-state index in [1.807, 2.05) is 12.1 Å². The smallest absolute Gasteiger partial charge is 0.0637 e. The van der Waals surface area contributed by atoms with Crippen LogP contribution in [0.25, 0.3) is 0 Å². The quantitative estimate of drug-likeness (QED) is 0.731. The van der Waals surface area contributed by atoms with Crippen molar-refractivity contribution in [2.45, 2.75) is 45.1 Å². The molecule has 0 fully saturated rings. The van der Waals surface area contributed by atoms with E-state index in [1.165, 1.54) is 23.1 Å². The van der Waals surface area contributed by atoms with Crippen LogP contribution in [0.5, 0.6) is 0 Å². The van der Waals surface area contributed by atoms with E-state index in [1.54, 1.807) is 0 Å². The Bertz CT molecular complexity index is 660. The van der Waals surface area contributed by atoms with Crippen molar-refractivity contribution in [2.24, 2.45) is 0 Å². The van der Waals surface area contributed by atoms with Gasteiger partial charge in [-0.3, -0.25) is 0 Å². The molecule has 21 heavy (non-hydrogen) atoms. The predicted octanol–water partition coefficient (Wildman–Crippen LogP) is 5.87. The van der Waals surface area contributed by atoms with Crippen molar-refractivity contribution in [3.05, 3.63) is 64.2 Å². The van der Waals surface area contributed by atoms with E-state index in [0.29, 0.717) is 6.04 Å². The summed E-state index contributed by atoms with van der Waals surface area (Å²) in [7, 11) is 0. The third-order valence-corrected chi connectivity index (χ3v) is 4.90. The van der Waals surface area contributed by atoms with Gasteiger partial charge in [0.1, 0.15) is 0 Å². The van der Waals surface area contributed by atoms with Crippen molar-refractivity contribution < 1.29 is 0 Å². The number of hydrogen-bond donors (Lipinski definition) is 1. The van der Waals surface area contributed by atoms with Crippen LogP contribution in [0.2, 0.25) is 5.02 Å². The Morgan fingerprint density at radius 3 is 2.71 bits per heavy atom. The van der Waals surface area contributed by atoms with Gasteiger partial charge in [0, 0.05) is 0 Å². The zero-order valence-electron chi connectivity index (χ0n) is 12.9. The second-order valence-corrected chi connectivity index (χ2v) is 7.10. The Morgan fingerprint density at radius 2 is 1.90 bits per heavy atom. The summed E-state index contributed by atoms with van der Waals surface area (Å²) in [5.74, 6) is 0. The number of fused-ring (bicyclic) bond motifs is 1. The summed E-state index contributed by atoms with van der Waals surface area (Å²) < 4.78 is 0. The zero-order valence-corrected chi connectivity index (χ0v) is 13.7. The number of aryl methyl sites for hydroxylation is 1. The maximum atomic E-state index is 6.34. The molecule has 3 rings (SSSR count). The van der Waals surface area contributed by atoms with Crippen molar-refractivity contribution >= 4 is 17.3 Å². The molecule has 2 aromatic rings. The van der Waals surface area contributed by atoms with Gasteiger partial charge in [0.2, 0.25) is 0 Å². The van der Waals surface area contributed by atoms with Crippen LogP contribution >= 0.6 is 11.6 Å². The lowest BCUT2D eigenvalue weighted by Gasteiger charge is -2.38. The van der Waals surface area contributed by atoms with E-state index >= 15 is 0 Å². The molecule has 0 saturated heterocycles. The molecule has 2 heteroatoms. The van der Waals surface area contributed by atoms with Gasteiger partial charge < -0.3 is 5.32 Å². The first-order chi connectivity index (χ1) is 9.97. The average molecular weight is 300 g/mol. The van der Waals surface area contributed by atoms with Gasteiger partial charge in [-0.05, 0) is 54.0 Å². The Kier molecular flexibility index (Phi) is 3.71. The molecule has 0 bridgehead atoms. The van der Waals surface area contributed by atoms with Gasteiger partial charge in [0.15, 0.2) is 0 Å². The van der Waals surface area contributed by atoms with Crippen LogP contribution in [0, 0.1) is 6.92 Å². The first-order valence-corrected chi connectivity index (χ1v) is 7.97. The fraction of sp³-hybridized carbons (Fsp3) is 0.368. The fourth-order valence-corrected chi connectivity index (χ4v) is 3.47. The molecular formula is C19H22ClN. The molecule has 1 aliphatic rings. The van der Waals surface area contributed by atoms with E-state index in [0.717, 1.165) is 17.1 Å². The maximum absolute atomic E-state index is 6.34. The van der Waals surface area contributed by atoms with Gasteiger partial charge in [-0.1, -0.05) is 55.8 Å². The number of rotatable bonds is 2. The number of hydrogen-bond acceptors (Lipinski definition) is 1. The molecule has 0 heterocycles. The summed E-state index contributed by atoms with van der Waals surface area (Å²) in [6.07, 6.45) is 2.32. The summed E-state index contributed by atoms with van der Waals surface area (Å²) in [6, 6.07) is 15.3. The minimum absolute atomic E-state index is 0.255. The topological polar surface area (TPSA) is 12.0 Å². The van der Waals surface area contributed by atoms with Crippen molar-refractivity contribution in [1.29, 1.82) is 0 Å². The largest absolute Gasteiger partial charge is 0.377 e. The highest BCUT2D eigenvalue weighted by atomic mass is 35.5. The van der Waals surface area contributed by atoms with E-state index in [9.17, 15) is 0 Å². The molecule has 1 nitrogen and oxygen atoms in total. The summed E-state index contributed by atoms with van der Waals surface area (Å²) in [6.45, 7) is 6.77. The van der Waals surface area contributed by atoms with E-state index in [-0.39, 0.29) is 5.41 Å². The van der Waals surface area contributed by atoms with Crippen molar-refractivity contribution in [2.75, 3.05) is 5.32 Å². The highest BCUT2D eigenvalue weighted by molar-refractivity contribution is 6.33. The monoisotopic (exact) mass is 299 g/mol. The minimum Gasteiger partial charge on any atom is -0.377 e. The first-order valence-electron chi connectivity index (χ1n) is 7.59. The zero-order chi connectivity index (χ0) is 15.0. The Balaban J connectivity index is 1.96. The van der Waals surface area contributed by atoms with Crippen LogP contribution in [-0.4, -0.2) is 0 Å². The van der Waals surface area contributed by atoms with Crippen LogP contribution in [0.4, 0.5) is 5.69 Å². The molecular weight excluding hydrogens is 278 g/mol. The molecule has 1 atom stereocenters. The highest BCUT2D eigenvalue weighted by Gasteiger charge is 2.32. The molecule has 2 aromatic carbocycles. The predicted molar refractivity (Wildman–Crippen MR) is 91.3 cm³/mol. The molecule has 0 aromatic heterocycles. The molecule has 1 N–H and O–H groups in total. The molecule has 0 spiro atoms.